The van der Waals surface area contributed by atoms with Gasteiger partial charge in [-0.25, -0.2) is 0 Å². The van der Waals surface area contributed by atoms with Gasteiger partial charge in [-0.3, -0.25) is 0 Å². The van der Waals surface area contributed by atoms with E-state index in [1.807, 2.05) is 11.3 Å². The SMILES string of the molecule is Cc1ccc(-n2c3ccc(B4OC(C)(C)C(C)(C)O4)cc3c3cc(-c4cccc5c4sc4c(C)cccc45)ccc32)cc1. The van der Waals surface area contributed by atoms with Gasteiger partial charge in [0.2, 0.25) is 0 Å². The molecule has 7 aromatic rings. The van der Waals surface area contributed by atoms with Gasteiger partial charge in [0.15, 0.2) is 0 Å². The molecule has 0 spiro atoms. The Labute approximate surface area is 256 Å². The number of aromatic nitrogens is 1. The van der Waals surface area contributed by atoms with Crippen LogP contribution in [0.3, 0.4) is 0 Å². The molecule has 43 heavy (non-hydrogen) atoms. The third-order valence-corrected chi connectivity index (χ3v) is 11.0. The summed E-state index contributed by atoms with van der Waals surface area (Å²) in [4.78, 5) is 0. The highest BCUT2D eigenvalue weighted by Crippen LogP contribution is 2.43. The Morgan fingerprint density at radius 2 is 1.26 bits per heavy atom. The molecule has 212 valence electrons. The van der Waals surface area contributed by atoms with Crippen LogP contribution in [-0.4, -0.2) is 22.9 Å². The van der Waals surface area contributed by atoms with Crippen molar-refractivity contribution in [3.8, 4) is 16.8 Å². The molecule has 3 heterocycles. The Balaban J connectivity index is 1.37. The lowest BCUT2D eigenvalue weighted by molar-refractivity contribution is 0.00578. The first kappa shape index (κ1) is 26.7. The van der Waals surface area contributed by atoms with E-state index in [4.69, 9.17) is 9.31 Å². The monoisotopic (exact) mass is 579 g/mol. The Bertz CT molecular complexity index is 2210. The van der Waals surface area contributed by atoms with Crippen molar-refractivity contribution in [1.82, 2.24) is 4.57 Å². The smallest absolute Gasteiger partial charge is 0.399 e. The number of hydrogen-bond acceptors (Lipinski definition) is 3. The van der Waals surface area contributed by atoms with Crippen molar-refractivity contribution in [2.24, 2.45) is 0 Å². The van der Waals surface area contributed by atoms with E-state index in [0.717, 1.165) is 11.2 Å². The molecule has 0 radical (unpaired) electrons. The van der Waals surface area contributed by atoms with Gasteiger partial charge in [0.1, 0.15) is 0 Å². The van der Waals surface area contributed by atoms with Gasteiger partial charge >= 0.3 is 7.12 Å². The molecule has 0 saturated carbocycles. The van der Waals surface area contributed by atoms with E-state index in [-0.39, 0.29) is 0 Å². The molecule has 0 aliphatic carbocycles. The molecule has 5 aromatic carbocycles. The van der Waals surface area contributed by atoms with E-state index in [9.17, 15) is 0 Å². The molecule has 3 nitrogen and oxygen atoms in total. The second-order valence-electron chi connectivity index (χ2n) is 13.0. The molecule has 0 unspecified atom stereocenters. The average Bonchev–Trinajstić information content (AvgIpc) is 3.60. The van der Waals surface area contributed by atoms with E-state index in [1.54, 1.807) is 0 Å². The lowest BCUT2D eigenvalue weighted by Gasteiger charge is -2.32. The van der Waals surface area contributed by atoms with Crippen molar-refractivity contribution in [2.45, 2.75) is 52.7 Å². The Morgan fingerprint density at radius 3 is 1.98 bits per heavy atom. The second kappa shape index (κ2) is 9.30. The van der Waals surface area contributed by atoms with Crippen molar-refractivity contribution in [1.29, 1.82) is 0 Å². The molecule has 5 heteroatoms. The molecule has 0 atom stereocenters. The third-order valence-electron chi connectivity index (χ3n) is 9.64. The lowest BCUT2D eigenvalue weighted by Crippen LogP contribution is -2.41. The van der Waals surface area contributed by atoms with Crippen molar-refractivity contribution in [2.75, 3.05) is 0 Å². The van der Waals surface area contributed by atoms with Crippen molar-refractivity contribution in [3.63, 3.8) is 0 Å². The van der Waals surface area contributed by atoms with Crippen molar-refractivity contribution < 1.29 is 9.31 Å². The normalized spacial score (nSPS) is 16.3. The number of hydrogen-bond donors (Lipinski definition) is 0. The summed E-state index contributed by atoms with van der Waals surface area (Å²) in [6.45, 7) is 12.8. The van der Waals surface area contributed by atoms with Gasteiger partial charge in [0.25, 0.3) is 0 Å². The molecule has 1 saturated heterocycles. The third kappa shape index (κ3) is 4.02. The molecular formula is C38H34BNO2S. The standard InChI is InChI=1S/C38H34BNO2S/c1-23-13-17-27(18-14-23)40-33-19-15-25(28-10-8-12-30-29-11-7-9-24(2)35(29)43-36(28)30)21-31(33)32-22-26(16-20-34(32)40)39-41-37(3,4)38(5,6)42-39/h7-22H,1-6H3. The van der Waals surface area contributed by atoms with Crippen LogP contribution in [0.5, 0.6) is 0 Å². The summed E-state index contributed by atoms with van der Waals surface area (Å²) < 4.78 is 18.0. The highest BCUT2D eigenvalue weighted by atomic mass is 32.1. The van der Waals surface area contributed by atoms with Crippen LogP contribution in [0.1, 0.15) is 38.8 Å². The quantitative estimate of drug-likeness (QED) is 0.195. The minimum atomic E-state index is -0.411. The average molecular weight is 580 g/mol. The summed E-state index contributed by atoms with van der Waals surface area (Å²) in [5, 5.41) is 5.09. The maximum Gasteiger partial charge on any atom is 0.494 e. The van der Waals surface area contributed by atoms with Crippen LogP contribution >= 0.6 is 11.3 Å². The maximum absolute atomic E-state index is 6.47. The first-order valence-corrected chi connectivity index (χ1v) is 15.8. The zero-order chi connectivity index (χ0) is 29.7. The van der Waals surface area contributed by atoms with Crippen molar-refractivity contribution >= 4 is 65.9 Å². The molecule has 1 aliphatic heterocycles. The summed E-state index contributed by atoms with van der Waals surface area (Å²) in [6, 6.07) is 35.8. The zero-order valence-electron chi connectivity index (χ0n) is 25.5. The van der Waals surface area contributed by atoms with Gasteiger partial charge in [-0.2, -0.15) is 0 Å². The molecular weight excluding hydrogens is 545 g/mol. The first-order valence-electron chi connectivity index (χ1n) is 15.0. The minimum Gasteiger partial charge on any atom is -0.399 e. The maximum atomic E-state index is 6.47. The van der Waals surface area contributed by atoms with E-state index < -0.39 is 18.3 Å². The van der Waals surface area contributed by atoms with Crippen LogP contribution in [-0.2, 0) is 9.31 Å². The molecule has 0 amide bonds. The van der Waals surface area contributed by atoms with Crippen LogP contribution in [0.4, 0.5) is 0 Å². The van der Waals surface area contributed by atoms with E-state index in [0.29, 0.717) is 0 Å². The van der Waals surface area contributed by atoms with Gasteiger partial charge in [-0.1, -0.05) is 72.3 Å². The summed E-state index contributed by atoms with van der Waals surface area (Å²) in [7, 11) is -0.411. The number of rotatable bonds is 3. The van der Waals surface area contributed by atoms with Crippen LogP contribution in [0, 0.1) is 13.8 Å². The number of aryl methyl sites for hydroxylation is 2. The fourth-order valence-corrected chi connectivity index (χ4v) is 7.80. The van der Waals surface area contributed by atoms with Crippen LogP contribution in [0.2, 0.25) is 0 Å². The molecule has 2 aromatic heterocycles. The zero-order valence-corrected chi connectivity index (χ0v) is 26.3. The minimum absolute atomic E-state index is 0.392. The highest BCUT2D eigenvalue weighted by Gasteiger charge is 2.51. The molecule has 0 N–H and O–H groups in total. The molecule has 8 rings (SSSR count). The number of fused-ring (bicyclic) bond motifs is 6. The Morgan fingerprint density at radius 1 is 0.628 bits per heavy atom. The lowest BCUT2D eigenvalue weighted by atomic mass is 9.78. The van der Waals surface area contributed by atoms with E-state index in [2.05, 4.69) is 143 Å². The topological polar surface area (TPSA) is 23.4 Å². The largest absolute Gasteiger partial charge is 0.494 e. The number of thiophene rings is 1. The van der Waals surface area contributed by atoms with E-state index >= 15 is 0 Å². The summed E-state index contributed by atoms with van der Waals surface area (Å²) in [6.07, 6.45) is 0. The molecule has 1 fully saturated rings. The van der Waals surface area contributed by atoms with Crippen LogP contribution < -0.4 is 5.46 Å². The molecule has 1 aliphatic rings. The predicted molar refractivity (Wildman–Crippen MR) is 184 cm³/mol. The van der Waals surface area contributed by atoms with Crippen LogP contribution in [0.25, 0.3) is 58.8 Å². The Kier molecular flexibility index (Phi) is 5.78. The predicted octanol–water partition coefficient (Wildman–Crippen LogP) is 9.73. The number of benzene rings is 5. The van der Waals surface area contributed by atoms with Gasteiger partial charge in [-0.05, 0) is 94.0 Å². The number of nitrogens with zero attached hydrogens (tertiary/aromatic N) is 1. The van der Waals surface area contributed by atoms with Crippen LogP contribution in [0.15, 0.2) is 97.1 Å². The first-order chi connectivity index (χ1) is 20.6. The van der Waals surface area contributed by atoms with Crippen molar-refractivity contribution in [3.05, 3.63) is 108 Å². The second-order valence-corrected chi connectivity index (χ2v) is 14.0. The highest BCUT2D eigenvalue weighted by molar-refractivity contribution is 7.26. The van der Waals surface area contributed by atoms with Gasteiger partial charge in [-0.15, -0.1) is 11.3 Å². The fourth-order valence-electron chi connectivity index (χ4n) is 6.49. The summed E-state index contributed by atoms with van der Waals surface area (Å²) in [5.41, 5.74) is 8.86. The summed E-state index contributed by atoms with van der Waals surface area (Å²) in [5.74, 6) is 0. The Hall–Kier alpha value is -3.90. The van der Waals surface area contributed by atoms with E-state index in [1.165, 1.54) is 64.2 Å². The molecule has 0 bridgehead atoms. The van der Waals surface area contributed by atoms with Gasteiger partial charge in [0, 0.05) is 36.6 Å². The fraction of sp³-hybridized carbons (Fsp3) is 0.211. The van der Waals surface area contributed by atoms with Gasteiger partial charge < -0.3 is 13.9 Å². The van der Waals surface area contributed by atoms with Gasteiger partial charge in [0.05, 0.1) is 22.2 Å². The summed E-state index contributed by atoms with van der Waals surface area (Å²) >= 11 is 1.90.